The van der Waals surface area contributed by atoms with Crippen LogP contribution in [0.3, 0.4) is 0 Å². The Kier molecular flexibility index (Phi) is 4.10. The van der Waals surface area contributed by atoms with Crippen LogP contribution in [0.15, 0.2) is 0 Å². The molecular formula is C12H21N3O. The first-order chi connectivity index (χ1) is 7.59. The Labute approximate surface area is 97.0 Å². The zero-order valence-corrected chi connectivity index (χ0v) is 10.8. The molecule has 0 unspecified atom stereocenters. The number of carbonyl (C=O) groups is 1. The molecule has 1 amide bonds. The first kappa shape index (κ1) is 12.7. The molecule has 0 spiro atoms. The summed E-state index contributed by atoms with van der Waals surface area (Å²) in [4.78, 5) is 13.6. The molecule has 16 heavy (non-hydrogen) atoms. The van der Waals surface area contributed by atoms with Gasteiger partial charge in [0.15, 0.2) is 0 Å². The normalized spacial score (nSPS) is 13.5. The summed E-state index contributed by atoms with van der Waals surface area (Å²) >= 11 is 0. The summed E-state index contributed by atoms with van der Waals surface area (Å²) in [7, 11) is 0. The number of hydrogen-bond acceptors (Lipinski definition) is 2. The Morgan fingerprint density at radius 3 is 2.50 bits per heavy atom. The number of rotatable bonds is 1. The van der Waals surface area contributed by atoms with Gasteiger partial charge in [0, 0.05) is 23.7 Å². The van der Waals surface area contributed by atoms with Gasteiger partial charge in [0.2, 0.25) is 5.91 Å². The van der Waals surface area contributed by atoms with E-state index in [2.05, 4.69) is 10.2 Å². The van der Waals surface area contributed by atoms with Crippen molar-refractivity contribution in [3.63, 3.8) is 0 Å². The molecule has 2 rings (SSSR count). The molecule has 1 N–H and O–H groups in total. The molecule has 0 aromatic carbocycles. The Balaban J connectivity index is 0.000000606. The van der Waals surface area contributed by atoms with Gasteiger partial charge < -0.3 is 4.90 Å². The maximum absolute atomic E-state index is 11.7. The van der Waals surface area contributed by atoms with E-state index in [1.54, 1.807) is 0 Å². The molecule has 4 nitrogen and oxygen atoms in total. The second kappa shape index (κ2) is 5.14. The molecule has 0 aliphatic carbocycles. The highest BCUT2D eigenvalue weighted by atomic mass is 16.2. The minimum atomic E-state index is 0.0725. The molecule has 1 aliphatic rings. The second-order valence-electron chi connectivity index (χ2n) is 4.12. The van der Waals surface area contributed by atoms with E-state index in [4.69, 9.17) is 0 Å². The van der Waals surface area contributed by atoms with Crippen molar-refractivity contribution >= 4 is 5.91 Å². The fourth-order valence-corrected chi connectivity index (χ4v) is 1.79. The average molecular weight is 223 g/mol. The molecule has 1 aromatic heterocycles. The first-order valence-corrected chi connectivity index (χ1v) is 5.91. The van der Waals surface area contributed by atoms with Crippen molar-refractivity contribution in [1.29, 1.82) is 0 Å². The van der Waals surface area contributed by atoms with Crippen LogP contribution >= 0.6 is 0 Å². The number of nitrogens with zero attached hydrogens (tertiary/aromatic N) is 2. The van der Waals surface area contributed by atoms with Crippen molar-refractivity contribution in [2.45, 2.75) is 47.7 Å². The standard InChI is InChI=1S/C10H15N3O.C2H6/c1-6(2)10(14)13-4-8-7(3)11-12-9(8)5-13;1-2/h6H,4-5H2,1-3H3,(H,11,12);1-2H3. The number of aromatic amines is 1. The molecule has 2 heterocycles. The monoisotopic (exact) mass is 223 g/mol. The quantitative estimate of drug-likeness (QED) is 0.793. The fourth-order valence-electron chi connectivity index (χ4n) is 1.79. The molecule has 0 saturated heterocycles. The molecule has 1 aromatic rings. The Hall–Kier alpha value is -1.32. The number of fused-ring (bicyclic) bond motifs is 1. The topological polar surface area (TPSA) is 49.0 Å². The number of aryl methyl sites for hydroxylation is 1. The molecule has 0 atom stereocenters. The lowest BCUT2D eigenvalue weighted by atomic mass is 10.2. The van der Waals surface area contributed by atoms with Gasteiger partial charge in [-0.05, 0) is 6.92 Å². The van der Waals surface area contributed by atoms with Gasteiger partial charge in [-0.3, -0.25) is 9.89 Å². The number of carbonyl (C=O) groups excluding carboxylic acids is 1. The highest BCUT2D eigenvalue weighted by molar-refractivity contribution is 5.78. The molecule has 0 fully saturated rings. The summed E-state index contributed by atoms with van der Waals surface area (Å²) in [5, 5.41) is 7.11. The van der Waals surface area contributed by atoms with E-state index in [0.29, 0.717) is 13.1 Å². The third-order valence-electron chi connectivity index (χ3n) is 2.65. The Morgan fingerprint density at radius 1 is 1.38 bits per heavy atom. The van der Waals surface area contributed by atoms with E-state index < -0.39 is 0 Å². The molecular weight excluding hydrogens is 202 g/mol. The van der Waals surface area contributed by atoms with Crippen molar-refractivity contribution in [2.24, 2.45) is 5.92 Å². The van der Waals surface area contributed by atoms with Crippen molar-refractivity contribution in [2.75, 3.05) is 0 Å². The number of amides is 1. The lowest BCUT2D eigenvalue weighted by molar-refractivity contribution is -0.135. The van der Waals surface area contributed by atoms with Crippen LogP contribution in [0.2, 0.25) is 0 Å². The van der Waals surface area contributed by atoms with Crippen molar-refractivity contribution in [3.05, 3.63) is 17.0 Å². The van der Waals surface area contributed by atoms with E-state index in [1.165, 1.54) is 5.56 Å². The number of hydrogen-bond donors (Lipinski definition) is 1. The van der Waals surface area contributed by atoms with Gasteiger partial charge in [-0.25, -0.2) is 0 Å². The van der Waals surface area contributed by atoms with Crippen LogP contribution in [-0.4, -0.2) is 21.0 Å². The van der Waals surface area contributed by atoms with Gasteiger partial charge >= 0.3 is 0 Å². The Morgan fingerprint density at radius 2 is 2.00 bits per heavy atom. The lowest BCUT2D eigenvalue weighted by Crippen LogP contribution is -2.29. The summed E-state index contributed by atoms with van der Waals surface area (Å²) in [5.74, 6) is 0.283. The SMILES string of the molecule is CC.Cc1[nH]nc2c1CN(C(=O)C(C)C)C2. The largest absolute Gasteiger partial charge is 0.332 e. The van der Waals surface area contributed by atoms with Crippen LogP contribution in [0.25, 0.3) is 0 Å². The van der Waals surface area contributed by atoms with Crippen molar-refractivity contribution in [1.82, 2.24) is 15.1 Å². The molecule has 90 valence electrons. The number of aromatic nitrogens is 2. The van der Waals surface area contributed by atoms with Gasteiger partial charge in [0.05, 0.1) is 12.2 Å². The van der Waals surface area contributed by atoms with E-state index in [0.717, 1.165) is 11.4 Å². The molecule has 0 radical (unpaired) electrons. The predicted octanol–water partition coefficient (Wildman–Crippen LogP) is 2.24. The maximum Gasteiger partial charge on any atom is 0.225 e. The third kappa shape index (κ3) is 2.26. The minimum Gasteiger partial charge on any atom is -0.332 e. The molecule has 0 bridgehead atoms. The summed E-state index contributed by atoms with van der Waals surface area (Å²) in [6, 6.07) is 0. The van der Waals surface area contributed by atoms with Crippen molar-refractivity contribution in [3.8, 4) is 0 Å². The smallest absolute Gasteiger partial charge is 0.225 e. The van der Waals surface area contributed by atoms with Gasteiger partial charge in [-0.1, -0.05) is 27.7 Å². The Bertz CT molecular complexity index is 368. The number of H-pyrrole nitrogens is 1. The van der Waals surface area contributed by atoms with Crippen LogP contribution in [0, 0.1) is 12.8 Å². The summed E-state index contributed by atoms with van der Waals surface area (Å²) in [6.07, 6.45) is 0. The van der Waals surface area contributed by atoms with E-state index in [-0.39, 0.29) is 11.8 Å². The van der Waals surface area contributed by atoms with Gasteiger partial charge in [-0.2, -0.15) is 5.10 Å². The first-order valence-electron chi connectivity index (χ1n) is 5.91. The average Bonchev–Trinajstić information content (AvgIpc) is 2.83. The summed E-state index contributed by atoms with van der Waals surface area (Å²) < 4.78 is 0. The highest BCUT2D eigenvalue weighted by Gasteiger charge is 2.27. The molecule has 0 saturated carbocycles. The fraction of sp³-hybridized carbons (Fsp3) is 0.667. The maximum atomic E-state index is 11.7. The molecule has 4 heteroatoms. The predicted molar refractivity (Wildman–Crippen MR) is 63.8 cm³/mol. The van der Waals surface area contributed by atoms with Crippen LogP contribution < -0.4 is 0 Å². The zero-order valence-electron chi connectivity index (χ0n) is 10.8. The minimum absolute atomic E-state index is 0.0725. The highest BCUT2D eigenvalue weighted by Crippen LogP contribution is 2.24. The zero-order chi connectivity index (χ0) is 12.3. The van der Waals surface area contributed by atoms with Gasteiger partial charge in [-0.15, -0.1) is 0 Å². The molecule has 1 aliphatic heterocycles. The van der Waals surface area contributed by atoms with Crippen LogP contribution in [0.1, 0.15) is 44.6 Å². The lowest BCUT2D eigenvalue weighted by Gasteiger charge is -2.17. The third-order valence-corrected chi connectivity index (χ3v) is 2.65. The van der Waals surface area contributed by atoms with Crippen LogP contribution in [0.4, 0.5) is 0 Å². The summed E-state index contributed by atoms with van der Waals surface area (Å²) in [5.41, 5.74) is 3.30. The summed E-state index contributed by atoms with van der Waals surface area (Å²) in [6.45, 7) is 11.2. The van der Waals surface area contributed by atoms with Crippen molar-refractivity contribution < 1.29 is 4.79 Å². The van der Waals surface area contributed by atoms with Gasteiger partial charge in [0.25, 0.3) is 0 Å². The van der Waals surface area contributed by atoms with E-state index in [9.17, 15) is 4.79 Å². The van der Waals surface area contributed by atoms with E-state index >= 15 is 0 Å². The van der Waals surface area contributed by atoms with Crippen LogP contribution in [0.5, 0.6) is 0 Å². The van der Waals surface area contributed by atoms with Crippen LogP contribution in [-0.2, 0) is 17.9 Å². The van der Waals surface area contributed by atoms with Gasteiger partial charge in [0.1, 0.15) is 0 Å². The van der Waals surface area contributed by atoms with E-state index in [1.807, 2.05) is 39.5 Å². The second-order valence-corrected chi connectivity index (χ2v) is 4.12. The number of nitrogens with one attached hydrogen (secondary N) is 1.